The molecule has 20 heavy (non-hydrogen) atoms. The van der Waals surface area contributed by atoms with E-state index in [-0.39, 0.29) is 0 Å². The Morgan fingerprint density at radius 1 is 1.40 bits per heavy atom. The van der Waals surface area contributed by atoms with E-state index in [2.05, 4.69) is 29.1 Å². The summed E-state index contributed by atoms with van der Waals surface area (Å²) in [6.07, 6.45) is 3.06. The van der Waals surface area contributed by atoms with Gasteiger partial charge in [-0.15, -0.1) is 0 Å². The third-order valence-corrected chi connectivity index (χ3v) is 3.42. The fraction of sp³-hybridized carbons (Fsp3) is 0.400. The molecule has 0 unspecified atom stereocenters. The second-order valence-electron chi connectivity index (χ2n) is 4.84. The first-order chi connectivity index (χ1) is 9.65. The van der Waals surface area contributed by atoms with Crippen molar-refractivity contribution in [1.29, 1.82) is 0 Å². The van der Waals surface area contributed by atoms with E-state index in [1.165, 1.54) is 0 Å². The van der Waals surface area contributed by atoms with E-state index in [0.29, 0.717) is 5.02 Å². The third-order valence-electron chi connectivity index (χ3n) is 3.18. The van der Waals surface area contributed by atoms with Crippen LogP contribution in [0.3, 0.4) is 0 Å². The average Bonchev–Trinajstić information content (AvgIpc) is 2.86. The summed E-state index contributed by atoms with van der Waals surface area (Å²) in [5.41, 5.74) is 2.95. The summed E-state index contributed by atoms with van der Waals surface area (Å²) in [5.74, 6) is 0.779. The minimum Gasteiger partial charge on any atom is -0.496 e. The topological polar surface area (TPSA) is 41.2 Å². The van der Waals surface area contributed by atoms with Gasteiger partial charge in [0.15, 0.2) is 0 Å². The van der Waals surface area contributed by atoms with Gasteiger partial charge in [0.05, 0.1) is 7.11 Å². The number of aromatic amines is 1. The van der Waals surface area contributed by atoms with Gasteiger partial charge in [-0.25, -0.2) is 0 Å². The van der Waals surface area contributed by atoms with Crippen molar-refractivity contribution in [3.05, 3.63) is 35.0 Å². The lowest BCUT2D eigenvalue weighted by Crippen LogP contribution is -2.18. The maximum absolute atomic E-state index is 6.09. The van der Waals surface area contributed by atoms with Gasteiger partial charge in [0.1, 0.15) is 11.4 Å². The van der Waals surface area contributed by atoms with Crippen molar-refractivity contribution >= 4 is 11.6 Å². The Bertz CT molecular complexity index is 568. The summed E-state index contributed by atoms with van der Waals surface area (Å²) in [6.45, 7) is 4.07. The Labute approximate surface area is 124 Å². The molecule has 0 aliphatic heterocycles. The lowest BCUT2D eigenvalue weighted by atomic mass is 10.1. The van der Waals surface area contributed by atoms with Gasteiger partial charge in [0.25, 0.3) is 0 Å². The van der Waals surface area contributed by atoms with Gasteiger partial charge in [0, 0.05) is 28.9 Å². The molecule has 4 nitrogen and oxygen atoms in total. The van der Waals surface area contributed by atoms with Gasteiger partial charge < -0.3 is 9.64 Å². The van der Waals surface area contributed by atoms with E-state index >= 15 is 0 Å². The van der Waals surface area contributed by atoms with Gasteiger partial charge in [-0.05, 0) is 38.2 Å². The summed E-state index contributed by atoms with van der Waals surface area (Å²) in [5, 5.41) is 7.98. The smallest absolute Gasteiger partial charge is 0.128 e. The van der Waals surface area contributed by atoms with Crippen LogP contribution < -0.4 is 4.74 Å². The largest absolute Gasteiger partial charge is 0.496 e. The maximum Gasteiger partial charge on any atom is 0.128 e. The van der Waals surface area contributed by atoms with Crippen LogP contribution in [-0.2, 0) is 6.54 Å². The quantitative estimate of drug-likeness (QED) is 0.885. The number of halogens is 1. The van der Waals surface area contributed by atoms with Crippen molar-refractivity contribution in [2.24, 2.45) is 0 Å². The van der Waals surface area contributed by atoms with Crippen LogP contribution in [0.25, 0.3) is 11.3 Å². The van der Waals surface area contributed by atoms with Crippen LogP contribution in [0, 0.1) is 0 Å². The number of aromatic nitrogens is 2. The number of nitrogens with zero attached hydrogens (tertiary/aromatic N) is 2. The molecule has 0 radical (unpaired) electrons. The Morgan fingerprint density at radius 2 is 2.20 bits per heavy atom. The molecule has 0 aliphatic rings. The molecule has 1 heterocycles. The van der Waals surface area contributed by atoms with E-state index in [9.17, 15) is 0 Å². The van der Waals surface area contributed by atoms with E-state index in [0.717, 1.165) is 42.1 Å². The van der Waals surface area contributed by atoms with Gasteiger partial charge in [-0.1, -0.05) is 18.5 Å². The molecule has 0 saturated carbocycles. The van der Waals surface area contributed by atoms with Crippen molar-refractivity contribution < 1.29 is 4.74 Å². The fourth-order valence-electron chi connectivity index (χ4n) is 2.29. The van der Waals surface area contributed by atoms with Crippen LogP contribution in [0.1, 0.15) is 18.9 Å². The maximum atomic E-state index is 6.09. The summed E-state index contributed by atoms with van der Waals surface area (Å²) < 4.78 is 5.41. The van der Waals surface area contributed by atoms with Gasteiger partial charge in [-0.3, -0.25) is 5.10 Å². The van der Waals surface area contributed by atoms with E-state index in [1.54, 1.807) is 7.11 Å². The number of rotatable bonds is 6. The molecule has 2 rings (SSSR count). The highest BCUT2D eigenvalue weighted by Crippen LogP contribution is 2.33. The molecule has 0 aliphatic carbocycles. The molecule has 0 fully saturated rings. The lowest BCUT2D eigenvalue weighted by molar-refractivity contribution is 0.328. The SMILES string of the molecule is CCCN(C)Cc1c[nH]nc1-c1cc(Cl)ccc1OC. The van der Waals surface area contributed by atoms with Gasteiger partial charge >= 0.3 is 0 Å². The first kappa shape index (κ1) is 14.9. The first-order valence-electron chi connectivity index (χ1n) is 6.70. The molecule has 108 valence electrons. The fourth-order valence-corrected chi connectivity index (χ4v) is 2.46. The van der Waals surface area contributed by atoms with Crippen LogP contribution in [0.5, 0.6) is 5.75 Å². The van der Waals surface area contributed by atoms with Gasteiger partial charge in [0.2, 0.25) is 0 Å². The van der Waals surface area contributed by atoms with Crippen LogP contribution in [0.2, 0.25) is 5.02 Å². The van der Waals surface area contributed by atoms with Crippen molar-refractivity contribution in [3.8, 4) is 17.0 Å². The highest BCUT2D eigenvalue weighted by Gasteiger charge is 2.15. The zero-order valence-corrected chi connectivity index (χ0v) is 12.9. The molecule has 1 N–H and O–H groups in total. The van der Waals surface area contributed by atoms with E-state index in [1.807, 2.05) is 24.4 Å². The second kappa shape index (κ2) is 6.77. The van der Waals surface area contributed by atoms with Crippen LogP contribution in [0.15, 0.2) is 24.4 Å². The third kappa shape index (κ3) is 3.32. The number of hydrogen-bond acceptors (Lipinski definition) is 3. The predicted molar refractivity (Wildman–Crippen MR) is 82.2 cm³/mol. The zero-order chi connectivity index (χ0) is 14.5. The van der Waals surface area contributed by atoms with Gasteiger partial charge in [-0.2, -0.15) is 5.10 Å². The summed E-state index contributed by atoms with van der Waals surface area (Å²) in [7, 11) is 3.76. The van der Waals surface area contributed by atoms with Crippen molar-refractivity contribution in [2.75, 3.05) is 20.7 Å². The molecule has 1 aromatic carbocycles. The number of H-pyrrole nitrogens is 1. The molecule has 0 atom stereocenters. The van der Waals surface area contributed by atoms with E-state index in [4.69, 9.17) is 16.3 Å². The summed E-state index contributed by atoms with van der Waals surface area (Å²) >= 11 is 6.09. The van der Waals surface area contributed by atoms with Crippen LogP contribution in [0.4, 0.5) is 0 Å². The lowest BCUT2D eigenvalue weighted by Gasteiger charge is -2.15. The van der Waals surface area contributed by atoms with Crippen molar-refractivity contribution in [2.45, 2.75) is 19.9 Å². The number of benzene rings is 1. The standard InChI is InChI=1S/C15H20ClN3O/c1-4-7-19(2)10-11-9-17-18-15(11)13-8-12(16)5-6-14(13)20-3/h5-6,8-9H,4,7,10H2,1-3H3,(H,17,18). The number of methoxy groups -OCH3 is 1. The Hall–Kier alpha value is -1.52. The molecule has 5 heteroatoms. The number of ether oxygens (including phenoxy) is 1. The average molecular weight is 294 g/mol. The number of hydrogen-bond donors (Lipinski definition) is 1. The Morgan fingerprint density at radius 3 is 2.90 bits per heavy atom. The minimum absolute atomic E-state index is 0.677. The minimum atomic E-state index is 0.677. The monoisotopic (exact) mass is 293 g/mol. The highest BCUT2D eigenvalue weighted by atomic mass is 35.5. The second-order valence-corrected chi connectivity index (χ2v) is 5.28. The first-order valence-corrected chi connectivity index (χ1v) is 7.08. The van der Waals surface area contributed by atoms with Crippen molar-refractivity contribution in [3.63, 3.8) is 0 Å². The van der Waals surface area contributed by atoms with E-state index < -0.39 is 0 Å². The molecule has 0 spiro atoms. The predicted octanol–water partition coefficient (Wildman–Crippen LogP) is 3.58. The van der Waals surface area contributed by atoms with Crippen LogP contribution in [-0.4, -0.2) is 35.8 Å². The van der Waals surface area contributed by atoms with Crippen LogP contribution >= 0.6 is 11.6 Å². The molecule has 0 amide bonds. The molecule has 0 bridgehead atoms. The molecule has 0 saturated heterocycles. The Kier molecular flexibility index (Phi) is 5.04. The summed E-state index contributed by atoms with van der Waals surface area (Å²) in [6, 6.07) is 5.57. The molecule has 2 aromatic rings. The normalized spacial score (nSPS) is 11.1. The number of nitrogens with one attached hydrogen (secondary N) is 1. The Balaban J connectivity index is 2.34. The van der Waals surface area contributed by atoms with Crippen molar-refractivity contribution in [1.82, 2.24) is 15.1 Å². The zero-order valence-electron chi connectivity index (χ0n) is 12.1. The molecular formula is C15H20ClN3O. The molecule has 1 aromatic heterocycles. The summed E-state index contributed by atoms with van der Waals surface area (Å²) in [4.78, 5) is 2.27. The highest BCUT2D eigenvalue weighted by molar-refractivity contribution is 6.31. The molecular weight excluding hydrogens is 274 g/mol.